The molecule has 0 atom stereocenters. The molecule has 1 aromatic carbocycles. The van der Waals surface area contributed by atoms with Crippen molar-refractivity contribution in [3.8, 4) is 0 Å². The van der Waals surface area contributed by atoms with E-state index in [0.29, 0.717) is 29.8 Å². The van der Waals surface area contributed by atoms with Gasteiger partial charge in [0.05, 0.1) is 24.0 Å². The first-order valence-electron chi connectivity index (χ1n) is 9.50. The van der Waals surface area contributed by atoms with Crippen molar-refractivity contribution in [2.24, 2.45) is 5.92 Å². The lowest BCUT2D eigenvalue weighted by Crippen LogP contribution is -2.37. The molecular formula is C21H23N3O2S. The van der Waals surface area contributed by atoms with Crippen LogP contribution >= 0.6 is 11.3 Å². The molecular weight excluding hydrogens is 358 g/mol. The highest BCUT2D eigenvalue weighted by molar-refractivity contribution is 7.09. The summed E-state index contributed by atoms with van der Waals surface area (Å²) in [5, 5.41) is 2.60. The third kappa shape index (κ3) is 4.11. The van der Waals surface area contributed by atoms with Gasteiger partial charge in [-0.1, -0.05) is 37.5 Å². The number of benzene rings is 1. The molecule has 6 heteroatoms. The van der Waals surface area contributed by atoms with Crippen LogP contribution in [-0.4, -0.2) is 20.8 Å². The Labute approximate surface area is 162 Å². The average molecular weight is 382 g/mol. The van der Waals surface area contributed by atoms with E-state index in [1.807, 2.05) is 40.6 Å². The van der Waals surface area contributed by atoms with Crippen molar-refractivity contribution >= 4 is 28.1 Å². The second-order valence-electron chi connectivity index (χ2n) is 7.14. The van der Waals surface area contributed by atoms with E-state index < -0.39 is 0 Å². The van der Waals surface area contributed by atoms with E-state index in [2.05, 4.69) is 9.97 Å². The molecule has 27 heavy (non-hydrogen) atoms. The molecule has 0 unspecified atom stereocenters. The van der Waals surface area contributed by atoms with Gasteiger partial charge in [0.2, 0.25) is 5.91 Å². The fourth-order valence-corrected chi connectivity index (χ4v) is 4.52. The molecule has 1 N–H and O–H groups in total. The number of amides is 1. The summed E-state index contributed by atoms with van der Waals surface area (Å²) >= 11 is 1.65. The number of aromatic nitrogens is 2. The Morgan fingerprint density at radius 1 is 1.11 bits per heavy atom. The van der Waals surface area contributed by atoms with Crippen LogP contribution in [0.25, 0.3) is 10.9 Å². The third-order valence-electron chi connectivity index (χ3n) is 5.20. The third-order valence-corrected chi connectivity index (χ3v) is 6.06. The Kier molecular flexibility index (Phi) is 5.34. The van der Waals surface area contributed by atoms with Gasteiger partial charge in [-0.05, 0) is 36.4 Å². The first kappa shape index (κ1) is 17.9. The summed E-state index contributed by atoms with van der Waals surface area (Å²) in [6, 6.07) is 11.3. The van der Waals surface area contributed by atoms with Crippen LogP contribution in [-0.2, 0) is 17.9 Å². The van der Waals surface area contributed by atoms with Gasteiger partial charge in [-0.3, -0.25) is 9.59 Å². The first-order chi connectivity index (χ1) is 13.2. The second-order valence-corrected chi connectivity index (χ2v) is 8.17. The maximum atomic E-state index is 13.2. The molecule has 1 fully saturated rings. The quantitative estimate of drug-likeness (QED) is 0.724. The van der Waals surface area contributed by atoms with Crippen LogP contribution in [0.15, 0.2) is 46.6 Å². The summed E-state index contributed by atoms with van der Waals surface area (Å²) in [7, 11) is 0. The SMILES string of the molecule is O=C(C1CCCCC1)N(Cc1nc2ccccc2c(=O)[nH]1)Cc1cccs1. The average Bonchev–Trinajstić information content (AvgIpc) is 3.21. The van der Waals surface area contributed by atoms with Gasteiger partial charge < -0.3 is 9.88 Å². The van der Waals surface area contributed by atoms with Crippen LogP contribution in [0.5, 0.6) is 0 Å². The van der Waals surface area contributed by atoms with Crippen molar-refractivity contribution in [2.45, 2.75) is 45.2 Å². The van der Waals surface area contributed by atoms with E-state index >= 15 is 0 Å². The van der Waals surface area contributed by atoms with E-state index in [1.165, 1.54) is 6.42 Å². The van der Waals surface area contributed by atoms with Gasteiger partial charge in [0.25, 0.3) is 5.56 Å². The molecule has 0 spiro atoms. The summed E-state index contributed by atoms with van der Waals surface area (Å²) in [5.74, 6) is 0.809. The zero-order valence-electron chi connectivity index (χ0n) is 15.2. The molecule has 1 saturated carbocycles. The number of para-hydroxylation sites is 1. The molecule has 1 aliphatic carbocycles. The lowest BCUT2D eigenvalue weighted by Gasteiger charge is -2.29. The predicted molar refractivity (Wildman–Crippen MR) is 108 cm³/mol. The van der Waals surface area contributed by atoms with Crippen molar-refractivity contribution in [1.82, 2.24) is 14.9 Å². The summed E-state index contributed by atoms with van der Waals surface area (Å²) in [6.07, 6.45) is 5.37. The molecule has 0 aliphatic heterocycles. The van der Waals surface area contributed by atoms with Crippen molar-refractivity contribution < 1.29 is 4.79 Å². The zero-order chi connectivity index (χ0) is 18.6. The normalized spacial score (nSPS) is 15.1. The summed E-state index contributed by atoms with van der Waals surface area (Å²) in [6.45, 7) is 0.886. The summed E-state index contributed by atoms with van der Waals surface area (Å²) in [4.78, 5) is 36.0. The van der Waals surface area contributed by atoms with Crippen LogP contribution in [0, 0.1) is 5.92 Å². The highest BCUT2D eigenvalue weighted by Crippen LogP contribution is 2.27. The number of hydrogen-bond donors (Lipinski definition) is 1. The molecule has 5 nitrogen and oxygen atoms in total. The molecule has 0 saturated heterocycles. The number of thiophene rings is 1. The number of nitrogens with one attached hydrogen (secondary N) is 1. The number of carbonyl (C=O) groups excluding carboxylic acids is 1. The van der Waals surface area contributed by atoms with Gasteiger partial charge in [-0.15, -0.1) is 11.3 Å². The van der Waals surface area contributed by atoms with Gasteiger partial charge in [-0.25, -0.2) is 4.98 Å². The van der Waals surface area contributed by atoms with Crippen LogP contribution in [0.3, 0.4) is 0 Å². The number of aromatic amines is 1. The minimum Gasteiger partial charge on any atom is -0.330 e. The maximum absolute atomic E-state index is 13.2. The predicted octanol–water partition coefficient (Wildman–Crippen LogP) is 4.09. The molecule has 2 heterocycles. The number of fused-ring (bicyclic) bond motifs is 1. The number of rotatable bonds is 5. The molecule has 0 bridgehead atoms. The fourth-order valence-electron chi connectivity index (χ4n) is 3.80. The van der Waals surface area contributed by atoms with Crippen molar-refractivity contribution in [2.75, 3.05) is 0 Å². The number of nitrogens with zero attached hydrogens (tertiary/aromatic N) is 2. The van der Waals surface area contributed by atoms with Gasteiger partial charge in [-0.2, -0.15) is 0 Å². The Hall–Kier alpha value is -2.47. The molecule has 1 aliphatic rings. The smallest absolute Gasteiger partial charge is 0.258 e. The lowest BCUT2D eigenvalue weighted by molar-refractivity contribution is -0.138. The largest absolute Gasteiger partial charge is 0.330 e. The van der Waals surface area contributed by atoms with Crippen LogP contribution in [0.4, 0.5) is 0 Å². The van der Waals surface area contributed by atoms with E-state index in [1.54, 1.807) is 17.4 Å². The number of carbonyl (C=O) groups is 1. The van der Waals surface area contributed by atoms with Gasteiger partial charge >= 0.3 is 0 Å². The van der Waals surface area contributed by atoms with Gasteiger partial charge in [0.1, 0.15) is 5.82 Å². The Morgan fingerprint density at radius 2 is 1.93 bits per heavy atom. The van der Waals surface area contributed by atoms with Gasteiger partial charge in [0.15, 0.2) is 0 Å². The molecule has 2 aromatic heterocycles. The Morgan fingerprint density at radius 3 is 2.70 bits per heavy atom. The maximum Gasteiger partial charge on any atom is 0.258 e. The van der Waals surface area contributed by atoms with Crippen LogP contribution < -0.4 is 5.56 Å². The topological polar surface area (TPSA) is 66.1 Å². The van der Waals surface area contributed by atoms with Crippen LogP contribution in [0.1, 0.15) is 42.8 Å². The van der Waals surface area contributed by atoms with E-state index in [9.17, 15) is 9.59 Å². The minimum absolute atomic E-state index is 0.0888. The first-order valence-corrected chi connectivity index (χ1v) is 10.4. The molecule has 0 radical (unpaired) electrons. The van der Waals surface area contributed by atoms with E-state index in [0.717, 1.165) is 30.6 Å². The van der Waals surface area contributed by atoms with Crippen molar-refractivity contribution in [1.29, 1.82) is 0 Å². The van der Waals surface area contributed by atoms with E-state index in [4.69, 9.17) is 0 Å². The summed E-state index contributed by atoms with van der Waals surface area (Å²) in [5.41, 5.74) is 0.509. The Balaban J connectivity index is 1.62. The van der Waals surface area contributed by atoms with Crippen molar-refractivity contribution in [3.63, 3.8) is 0 Å². The molecule has 4 rings (SSSR count). The number of hydrogen-bond acceptors (Lipinski definition) is 4. The Bertz CT molecular complexity index is 975. The van der Waals surface area contributed by atoms with Crippen molar-refractivity contribution in [3.05, 3.63) is 62.8 Å². The van der Waals surface area contributed by atoms with E-state index in [-0.39, 0.29) is 17.4 Å². The number of H-pyrrole nitrogens is 1. The highest BCUT2D eigenvalue weighted by atomic mass is 32.1. The fraction of sp³-hybridized carbons (Fsp3) is 0.381. The molecule has 140 valence electrons. The zero-order valence-corrected chi connectivity index (χ0v) is 16.0. The minimum atomic E-state index is -0.156. The van der Waals surface area contributed by atoms with Crippen LogP contribution in [0.2, 0.25) is 0 Å². The second kappa shape index (κ2) is 8.05. The molecule has 1 amide bonds. The highest BCUT2D eigenvalue weighted by Gasteiger charge is 2.27. The monoisotopic (exact) mass is 381 g/mol. The lowest BCUT2D eigenvalue weighted by atomic mass is 9.88. The molecule has 3 aromatic rings. The summed E-state index contributed by atoms with van der Waals surface area (Å²) < 4.78 is 0. The standard InChI is InChI=1S/C21H23N3O2S/c25-20-17-10-4-5-11-18(17)22-19(23-20)14-24(13-16-9-6-12-27-16)21(26)15-7-2-1-3-8-15/h4-6,9-12,15H,1-3,7-8,13-14H2,(H,22,23,25). The van der Waals surface area contributed by atoms with Gasteiger partial charge in [0, 0.05) is 10.8 Å².